The predicted molar refractivity (Wildman–Crippen MR) is 124 cm³/mol. The standard InChI is InChI=1S/C26H24N2O4/c1-31-21-13-12-17(16-22(21)32-2)14-15-27-26(30)25(29)23-19-10-6-7-11-20(19)28-24(23)18-8-4-3-5-9-18/h3-13,16,28H,14-15H2,1-2H3,(H,27,30). The second-order valence-electron chi connectivity index (χ2n) is 7.31. The first-order chi connectivity index (χ1) is 15.6. The topological polar surface area (TPSA) is 80.4 Å². The molecule has 0 bridgehead atoms. The van der Waals surface area contributed by atoms with Gasteiger partial charge in [-0.25, -0.2) is 0 Å². The van der Waals surface area contributed by atoms with E-state index >= 15 is 0 Å². The number of nitrogens with one attached hydrogen (secondary N) is 2. The Kier molecular flexibility index (Phi) is 6.22. The van der Waals surface area contributed by atoms with Gasteiger partial charge in [0.05, 0.1) is 25.5 Å². The normalized spacial score (nSPS) is 10.7. The van der Waals surface area contributed by atoms with E-state index in [0.717, 1.165) is 22.0 Å². The molecule has 1 aromatic heterocycles. The van der Waals surface area contributed by atoms with Crippen LogP contribution in [0.25, 0.3) is 22.2 Å². The highest BCUT2D eigenvalue weighted by molar-refractivity contribution is 6.46. The smallest absolute Gasteiger partial charge is 0.292 e. The number of carbonyl (C=O) groups excluding carboxylic acids is 2. The van der Waals surface area contributed by atoms with E-state index in [-0.39, 0.29) is 0 Å². The average Bonchev–Trinajstić information content (AvgIpc) is 3.23. The van der Waals surface area contributed by atoms with E-state index in [4.69, 9.17) is 9.47 Å². The lowest BCUT2D eigenvalue weighted by molar-refractivity contribution is -0.116. The second-order valence-corrected chi connectivity index (χ2v) is 7.31. The first kappa shape index (κ1) is 21.2. The molecule has 0 atom stereocenters. The third-order valence-corrected chi connectivity index (χ3v) is 5.35. The third kappa shape index (κ3) is 4.21. The number of hydrogen-bond acceptors (Lipinski definition) is 4. The molecule has 3 aromatic carbocycles. The number of amides is 1. The number of carbonyl (C=O) groups is 2. The molecule has 162 valence electrons. The lowest BCUT2D eigenvalue weighted by Gasteiger charge is -2.10. The summed E-state index contributed by atoms with van der Waals surface area (Å²) in [5.41, 5.74) is 3.66. The number of H-pyrrole nitrogens is 1. The van der Waals surface area contributed by atoms with Crippen molar-refractivity contribution in [2.75, 3.05) is 20.8 Å². The first-order valence-corrected chi connectivity index (χ1v) is 10.3. The van der Waals surface area contributed by atoms with Gasteiger partial charge in [0, 0.05) is 17.4 Å². The summed E-state index contributed by atoms with van der Waals surface area (Å²) in [6.45, 7) is 0.323. The summed E-state index contributed by atoms with van der Waals surface area (Å²) >= 11 is 0. The maximum absolute atomic E-state index is 13.2. The van der Waals surface area contributed by atoms with Crippen LogP contribution in [0.3, 0.4) is 0 Å². The Hall–Kier alpha value is -4.06. The molecule has 6 heteroatoms. The Bertz CT molecular complexity index is 1260. The number of fused-ring (bicyclic) bond motifs is 1. The van der Waals surface area contributed by atoms with Crippen molar-refractivity contribution in [1.29, 1.82) is 0 Å². The molecule has 0 aliphatic rings. The van der Waals surface area contributed by atoms with Gasteiger partial charge in [-0.1, -0.05) is 54.6 Å². The van der Waals surface area contributed by atoms with Crippen LogP contribution < -0.4 is 14.8 Å². The Morgan fingerprint density at radius 2 is 1.59 bits per heavy atom. The summed E-state index contributed by atoms with van der Waals surface area (Å²) in [4.78, 5) is 29.2. The maximum Gasteiger partial charge on any atom is 0.292 e. The maximum atomic E-state index is 13.2. The van der Waals surface area contributed by atoms with E-state index in [9.17, 15) is 9.59 Å². The Morgan fingerprint density at radius 1 is 0.875 bits per heavy atom. The molecular formula is C26H24N2O4. The van der Waals surface area contributed by atoms with Crippen molar-refractivity contribution in [3.05, 3.63) is 83.9 Å². The van der Waals surface area contributed by atoms with E-state index in [1.54, 1.807) is 14.2 Å². The van der Waals surface area contributed by atoms with Crippen LogP contribution in [-0.4, -0.2) is 37.4 Å². The van der Waals surface area contributed by atoms with Gasteiger partial charge in [-0.2, -0.15) is 0 Å². The highest BCUT2D eigenvalue weighted by atomic mass is 16.5. The molecule has 0 saturated heterocycles. The molecule has 1 amide bonds. The van der Waals surface area contributed by atoms with E-state index in [1.165, 1.54) is 0 Å². The molecule has 2 N–H and O–H groups in total. The van der Waals surface area contributed by atoms with Crippen molar-refractivity contribution >= 4 is 22.6 Å². The van der Waals surface area contributed by atoms with Crippen LogP contribution in [0.5, 0.6) is 11.5 Å². The molecule has 0 fully saturated rings. The van der Waals surface area contributed by atoms with Gasteiger partial charge in [-0.3, -0.25) is 9.59 Å². The molecule has 0 aliphatic heterocycles. The quantitative estimate of drug-likeness (QED) is 0.322. The fourth-order valence-corrected chi connectivity index (χ4v) is 3.75. The van der Waals surface area contributed by atoms with E-state index in [2.05, 4.69) is 10.3 Å². The number of methoxy groups -OCH3 is 2. The lowest BCUT2D eigenvalue weighted by Crippen LogP contribution is -2.32. The molecule has 0 aliphatic carbocycles. The lowest BCUT2D eigenvalue weighted by atomic mass is 10.0. The minimum Gasteiger partial charge on any atom is -0.493 e. The summed E-state index contributed by atoms with van der Waals surface area (Å²) < 4.78 is 10.6. The predicted octanol–water partition coefficient (Wildman–Crippen LogP) is 4.39. The number of ketones is 1. The molecule has 0 unspecified atom stereocenters. The molecule has 0 spiro atoms. The number of rotatable bonds is 8. The zero-order valence-electron chi connectivity index (χ0n) is 18.0. The highest BCUT2D eigenvalue weighted by Crippen LogP contribution is 2.31. The Balaban J connectivity index is 1.53. The molecule has 4 aromatic rings. The fourth-order valence-electron chi connectivity index (χ4n) is 3.75. The number of aromatic amines is 1. The van der Waals surface area contributed by atoms with Crippen molar-refractivity contribution < 1.29 is 19.1 Å². The Labute approximate surface area is 186 Å². The van der Waals surface area contributed by atoms with Crippen molar-refractivity contribution in [3.63, 3.8) is 0 Å². The van der Waals surface area contributed by atoms with Crippen LogP contribution in [0.2, 0.25) is 0 Å². The van der Waals surface area contributed by atoms with Gasteiger partial charge in [0.25, 0.3) is 11.7 Å². The van der Waals surface area contributed by atoms with E-state index in [1.807, 2.05) is 72.8 Å². The number of para-hydroxylation sites is 1. The zero-order chi connectivity index (χ0) is 22.5. The van der Waals surface area contributed by atoms with Gasteiger partial charge in [0.1, 0.15) is 0 Å². The summed E-state index contributed by atoms with van der Waals surface area (Å²) in [5, 5.41) is 3.48. The van der Waals surface area contributed by atoms with Crippen molar-refractivity contribution in [3.8, 4) is 22.8 Å². The van der Waals surface area contributed by atoms with Crippen molar-refractivity contribution in [2.24, 2.45) is 0 Å². The molecule has 1 heterocycles. The van der Waals surface area contributed by atoms with Gasteiger partial charge in [0.15, 0.2) is 11.5 Å². The SMILES string of the molecule is COc1ccc(CCNC(=O)C(=O)c2c(-c3ccccc3)[nH]c3ccccc23)cc1OC. The van der Waals surface area contributed by atoms with Crippen LogP contribution in [-0.2, 0) is 11.2 Å². The van der Waals surface area contributed by atoms with Gasteiger partial charge in [-0.05, 0) is 35.7 Å². The fraction of sp³-hybridized carbons (Fsp3) is 0.154. The molecule has 32 heavy (non-hydrogen) atoms. The van der Waals surface area contributed by atoms with Gasteiger partial charge >= 0.3 is 0 Å². The zero-order valence-corrected chi connectivity index (χ0v) is 18.0. The minimum atomic E-state index is -0.632. The number of Topliss-reactive ketones (excluding diaryl/α,β-unsaturated/α-hetero) is 1. The summed E-state index contributed by atoms with van der Waals surface area (Å²) in [7, 11) is 3.16. The van der Waals surface area contributed by atoms with Crippen LogP contribution in [0, 0.1) is 0 Å². The van der Waals surface area contributed by atoms with Crippen molar-refractivity contribution in [2.45, 2.75) is 6.42 Å². The number of aromatic nitrogens is 1. The number of ether oxygens (including phenoxy) is 2. The van der Waals surface area contributed by atoms with E-state index < -0.39 is 11.7 Å². The van der Waals surface area contributed by atoms with Crippen LogP contribution in [0.15, 0.2) is 72.8 Å². The summed E-state index contributed by atoms with van der Waals surface area (Å²) in [6, 6.07) is 22.6. The average molecular weight is 428 g/mol. The first-order valence-electron chi connectivity index (χ1n) is 10.3. The number of benzene rings is 3. The summed E-state index contributed by atoms with van der Waals surface area (Å²) in [5.74, 6) is 0.0722. The third-order valence-electron chi connectivity index (χ3n) is 5.35. The molecule has 0 radical (unpaired) electrons. The van der Waals surface area contributed by atoms with Gasteiger partial charge in [-0.15, -0.1) is 0 Å². The van der Waals surface area contributed by atoms with Crippen molar-refractivity contribution in [1.82, 2.24) is 10.3 Å². The monoisotopic (exact) mass is 428 g/mol. The number of hydrogen-bond donors (Lipinski definition) is 2. The largest absolute Gasteiger partial charge is 0.493 e. The highest BCUT2D eigenvalue weighted by Gasteiger charge is 2.24. The van der Waals surface area contributed by atoms with Gasteiger partial charge in [0.2, 0.25) is 0 Å². The summed E-state index contributed by atoms with van der Waals surface area (Å²) in [6.07, 6.45) is 0.554. The molecule has 6 nitrogen and oxygen atoms in total. The second kappa shape index (κ2) is 9.39. The molecular weight excluding hydrogens is 404 g/mol. The Morgan fingerprint density at radius 3 is 2.34 bits per heavy atom. The minimum absolute atomic E-state index is 0.323. The van der Waals surface area contributed by atoms with Crippen LogP contribution in [0.1, 0.15) is 15.9 Å². The van der Waals surface area contributed by atoms with Crippen LogP contribution >= 0.6 is 0 Å². The van der Waals surface area contributed by atoms with Crippen LogP contribution in [0.4, 0.5) is 0 Å². The molecule has 0 saturated carbocycles. The van der Waals surface area contributed by atoms with Gasteiger partial charge < -0.3 is 19.8 Å². The molecule has 4 rings (SSSR count). The van der Waals surface area contributed by atoms with E-state index in [0.29, 0.717) is 35.7 Å².